The van der Waals surface area contributed by atoms with Crippen LogP contribution in [0.1, 0.15) is 23.6 Å². The third kappa shape index (κ3) is 3.32. The molecule has 2 rings (SSSR count). The molecule has 1 aliphatic heterocycles. The van der Waals surface area contributed by atoms with Gasteiger partial charge in [0.2, 0.25) is 0 Å². The van der Waals surface area contributed by atoms with E-state index in [1.807, 2.05) is 26.1 Å². The summed E-state index contributed by atoms with van der Waals surface area (Å²) < 4.78 is 34.1. The second-order valence-corrected chi connectivity index (χ2v) is 7.72. The maximum atomic E-state index is 11.7. The third-order valence-corrected chi connectivity index (χ3v) is 5.95. The number of ether oxygens (including phenoxy) is 2. The fourth-order valence-corrected chi connectivity index (χ4v) is 4.90. The zero-order chi connectivity index (χ0) is 15.6. The molecule has 0 bridgehead atoms. The van der Waals surface area contributed by atoms with Crippen molar-refractivity contribution in [3.63, 3.8) is 0 Å². The highest BCUT2D eigenvalue weighted by Crippen LogP contribution is 2.38. The van der Waals surface area contributed by atoms with Crippen LogP contribution in [-0.2, 0) is 9.84 Å². The molecule has 1 heterocycles. The van der Waals surface area contributed by atoms with Crippen molar-refractivity contribution >= 4 is 9.84 Å². The van der Waals surface area contributed by atoms with Crippen LogP contribution in [0.3, 0.4) is 0 Å². The van der Waals surface area contributed by atoms with Crippen molar-refractivity contribution in [1.82, 2.24) is 5.32 Å². The number of hydrogen-bond acceptors (Lipinski definition) is 5. The van der Waals surface area contributed by atoms with E-state index in [1.54, 1.807) is 14.2 Å². The van der Waals surface area contributed by atoms with Crippen LogP contribution >= 0.6 is 0 Å². The summed E-state index contributed by atoms with van der Waals surface area (Å²) in [5, 5.41) is 3.27. The zero-order valence-corrected chi connectivity index (χ0v) is 13.8. The van der Waals surface area contributed by atoms with Crippen LogP contribution in [0.4, 0.5) is 0 Å². The van der Waals surface area contributed by atoms with E-state index < -0.39 is 9.84 Å². The number of nitrogens with one attached hydrogen (secondary N) is 1. The molecule has 1 aliphatic rings. The van der Waals surface area contributed by atoms with Gasteiger partial charge in [-0.1, -0.05) is 0 Å². The quantitative estimate of drug-likeness (QED) is 0.896. The molecule has 1 aromatic carbocycles. The van der Waals surface area contributed by atoms with E-state index in [9.17, 15) is 8.42 Å². The molecule has 6 heteroatoms. The van der Waals surface area contributed by atoms with Gasteiger partial charge in [-0.15, -0.1) is 0 Å². The summed E-state index contributed by atoms with van der Waals surface area (Å²) in [7, 11) is 2.18. The molecule has 2 unspecified atom stereocenters. The average molecular weight is 313 g/mol. The minimum Gasteiger partial charge on any atom is -0.493 e. The van der Waals surface area contributed by atoms with E-state index >= 15 is 0 Å². The van der Waals surface area contributed by atoms with Crippen LogP contribution in [0.25, 0.3) is 0 Å². The molecule has 0 saturated carbocycles. The molecular formula is C15H23NO4S. The number of aryl methyl sites for hydroxylation is 1. The van der Waals surface area contributed by atoms with Gasteiger partial charge in [0.1, 0.15) is 0 Å². The van der Waals surface area contributed by atoms with E-state index in [1.165, 1.54) is 0 Å². The van der Waals surface area contributed by atoms with E-state index in [2.05, 4.69) is 5.32 Å². The predicted molar refractivity (Wildman–Crippen MR) is 82.8 cm³/mol. The Bertz CT molecular complexity index is 612. The number of methoxy groups -OCH3 is 2. The van der Waals surface area contributed by atoms with Crippen LogP contribution in [0.2, 0.25) is 0 Å². The van der Waals surface area contributed by atoms with Gasteiger partial charge in [-0.25, -0.2) is 8.42 Å². The Morgan fingerprint density at radius 2 is 1.86 bits per heavy atom. The summed E-state index contributed by atoms with van der Waals surface area (Å²) in [5.74, 6) is 1.97. The van der Waals surface area contributed by atoms with Crippen molar-refractivity contribution in [2.75, 3.05) is 32.8 Å². The summed E-state index contributed by atoms with van der Waals surface area (Å²) in [6.07, 6.45) is 0.696. The molecule has 0 aliphatic carbocycles. The molecule has 0 radical (unpaired) electrons. The molecule has 0 spiro atoms. The van der Waals surface area contributed by atoms with Crippen molar-refractivity contribution in [3.05, 3.63) is 23.3 Å². The lowest BCUT2D eigenvalue weighted by Gasteiger charge is -2.25. The summed E-state index contributed by atoms with van der Waals surface area (Å²) in [6.45, 7) is 2.01. The molecule has 1 fully saturated rings. The first-order chi connectivity index (χ1) is 9.91. The SMILES string of the molecule is CNC(c1cc(OC)c(OC)cc1C)C1CCS(=O)(=O)C1. The minimum atomic E-state index is -2.90. The van der Waals surface area contributed by atoms with E-state index in [0.717, 1.165) is 11.1 Å². The normalized spacial score (nSPS) is 22.0. The van der Waals surface area contributed by atoms with Gasteiger partial charge in [0.05, 0.1) is 25.7 Å². The standard InChI is InChI=1S/C15H23NO4S/c1-10-7-13(19-3)14(20-4)8-12(10)15(16-2)11-5-6-21(17,18)9-11/h7-8,11,15-16H,5-6,9H2,1-4H3. The molecule has 1 aromatic rings. The molecule has 21 heavy (non-hydrogen) atoms. The van der Waals surface area contributed by atoms with Gasteiger partial charge in [0.15, 0.2) is 21.3 Å². The van der Waals surface area contributed by atoms with Crippen LogP contribution in [-0.4, -0.2) is 41.2 Å². The number of benzene rings is 1. The van der Waals surface area contributed by atoms with Gasteiger partial charge in [0.25, 0.3) is 0 Å². The van der Waals surface area contributed by atoms with Gasteiger partial charge in [-0.2, -0.15) is 0 Å². The van der Waals surface area contributed by atoms with Gasteiger partial charge >= 0.3 is 0 Å². The van der Waals surface area contributed by atoms with Crippen LogP contribution < -0.4 is 14.8 Å². The Balaban J connectivity index is 2.38. The summed E-state index contributed by atoms with van der Waals surface area (Å²) >= 11 is 0. The van der Waals surface area contributed by atoms with Crippen molar-refractivity contribution in [1.29, 1.82) is 0 Å². The summed E-state index contributed by atoms with van der Waals surface area (Å²) in [5.41, 5.74) is 2.13. The smallest absolute Gasteiger partial charge is 0.161 e. The highest BCUT2D eigenvalue weighted by Gasteiger charge is 2.34. The molecule has 1 N–H and O–H groups in total. The largest absolute Gasteiger partial charge is 0.493 e. The monoisotopic (exact) mass is 313 g/mol. The summed E-state index contributed by atoms with van der Waals surface area (Å²) in [6, 6.07) is 3.88. The maximum Gasteiger partial charge on any atom is 0.161 e. The molecule has 0 amide bonds. The molecular weight excluding hydrogens is 290 g/mol. The fourth-order valence-electron chi connectivity index (χ4n) is 3.06. The Morgan fingerprint density at radius 1 is 1.24 bits per heavy atom. The van der Waals surface area contributed by atoms with Crippen LogP contribution in [0.5, 0.6) is 11.5 Å². The Kier molecular flexibility index (Phi) is 4.78. The first-order valence-electron chi connectivity index (χ1n) is 7.02. The summed E-state index contributed by atoms with van der Waals surface area (Å²) in [4.78, 5) is 0. The zero-order valence-electron chi connectivity index (χ0n) is 13.0. The van der Waals surface area contributed by atoms with Crippen LogP contribution in [0, 0.1) is 12.8 Å². The lowest BCUT2D eigenvalue weighted by molar-refractivity contribution is 0.351. The number of sulfone groups is 1. The number of hydrogen-bond donors (Lipinski definition) is 1. The highest BCUT2D eigenvalue weighted by atomic mass is 32.2. The molecule has 2 atom stereocenters. The maximum absolute atomic E-state index is 11.7. The Labute approximate surface area is 126 Å². The van der Waals surface area contributed by atoms with Crippen molar-refractivity contribution in [2.24, 2.45) is 5.92 Å². The average Bonchev–Trinajstić information content (AvgIpc) is 2.81. The van der Waals surface area contributed by atoms with Crippen molar-refractivity contribution in [3.8, 4) is 11.5 Å². The van der Waals surface area contributed by atoms with Crippen LogP contribution in [0.15, 0.2) is 12.1 Å². The van der Waals surface area contributed by atoms with Crippen molar-refractivity contribution in [2.45, 2.75) is 19.4 Å². The lowest BCUT2D eigenvalue weighted by Crippen LogP contribution is -2.27. The minimum absolute atomic E-state index is 0.00193. The Hall–Kier alpha value is -1.27. The molecule has 118 valence electrons. The Morgan fingerprint density at radius 3 is 2.33 bits per heavy atom. The van der Waals surface area contributed by atoms with E-state index in [4.69, 9.17) is 9.47 Å². The molecule has 0 aromatic heterocycles. The van der Waals surface area contributed by atoms with Crippen molar-refractivity contribution < 1.29 is 17.9 Å². The molecule has 1 saturated heterocycles. The first kappa shape index (κ1) is 16.1. The van der Waals surface area contributed by atoms with Gasteiger partial charge < -0.3 is 14.8 Å². The third-order valence-electron chi connectivity index (χ3n) is 4.16. The van der Waals surface area contributed by atoms with Gasteiger partial charge in [0, 0.05) is 6.04 Å². The second-order valence-electron chi connectivity index (χ2n) is 5.49. The topological polar surface area (TPSA) is 64.6 Å². The fraction of sp³-hybridized carbons (Fsp3) is 0.600. The van der Waals surface area contributed by atoms with E-state index in [0.29, 0.717) is 17.9 Å². The first-order valence-corrected chi connectivity index (χ1v) is 8.84. The highest BCUT2D eigenvalue weighted by molar-refractivity contribution is 7.91. The van der Waals surface area contributed by atoms with E-state index in [-0.39, 0.29) is 23.5 Å². The lowest BCUT2D eigenvalue weighted by atomic mass is 9.89. The van der Waals surface area contributed by atoms with Gasteiger partial charge in [-0.3, -0.25) is 0 Å². The second kappa shape index (κ2) is 6.23. The predicted octanol–water partition coefficient (Wildman–Crippen LogP) is 1.71. The number of rotatable bonds is 5. The molecule has 5 nitrogen and oxygen atoms in total. The van der Waals surface area contributed by atoms with Gasteiger partial charge in [-0.05, 0) is 49.6 Å².